The average molecular weight is 355 g/mol. The lowest BCUT2D eigenvalue weighted by atomic mass is 10.1. The number of nitrogens with one attached hydrogen (secondary N) is 1. The number of aromatic amines is 1. The molecule has 0 atom stereocenters. The van der Waals surface area contributed by atoms with Crippen molar-refractivity contribution in [2.24, 2.45) is 0 Å². The number of benzene rings is 2. The fourth-order valence-electron chi connectivity index (χ4n) is 2.39. The number of hydrogen-bond donors (Lipinski definition) is 1. The summed E-state index contributed by atoms with van der Waals surface area (Å²) in [6, 6.07) is 11.7. The molecule has 1 heterocycles. The van der Waals surface area contributed by atoms with Crippen molar-refractivity contribution in [2.75, 3.05) is 6.26 Å². The van der Waals surface area contributed by atoms with Crippen molar-refractivity contribution in [1.82, 2.24) is 4.98 Å². The van der Waals surface area contributed by atoms with E-state index in [1.54, 1.807) is 30.3 Å². The third-order valence-electron chi connectivity index (χ3n) is 3.38. The number of H-pyrrole nitrogens is 1. The fraction of sp³-hybridized carbons (Fsp3) is 0.125. The van der Waals surface area contributed by atoms with E-state index in [2.05, 4.69) is 4.98 Å². The minimum absolute atomic E-state index is 0.0501. The van der Waals surface area contributed by atoms with Crippen LogP contribution >= 0.6 is 0 Å². The zero-order chi connectivity index (χ0) is 17.5. The summed E-state index contributed by atoms with van der Waals surface area (Å²) in [4.78, 5) is 2.92. The van der Waals surface area contributed by atoms with E-state index in [4.69, 9.17) is 4.18 Å². The van der Waals surface area contributed by atoms with E-state index in [9.17, 15) is 21.6 Å². The molecule has 0 saturated carbocycles. The van der Waals surface area contributed by atoms with Crippen LogP contribution < -0.4 is 4.18 Å². The minimum atomic E-state index is -4.54. The Balaban J connectivity index is 2.30. The zero-order valence-electron chi connectivity index (χ0n) is 12.4. The first-order chi connectivity index (χ1) is 11.1. The molecule has 0 radical (unpaired) electrons. The molecule has 0 unspecified atom stereocenters. The molecule has 0 amide bonds. The van der Waals surface area contributed by atoms with E-state index in [-0.39, 0.29) is 11.1 Å². The topological polar surface area (TPSA) is 59.2 Å². The molecule has 4 nitrogen and oxygen atoms in total. The van der Waals surface area contributed by atoms with Crippen LogP contribution in [0.25, 0.3) is 22.2 Å². The molecule has 0 aliphatic carbocycles. The summed E-state index contributed by atoms with van der Waals surface area (Å²) in [6.07, 6.45) is -3.70. The van der Waals surface area contributed by atoms with Crippen molar-refractivity contribution in [3.63, 3.8) is 0 Å². The SMILES string of the molecule is CS(=O)(=O)Oc1c(-c2ccccc2)[nH]c2ccc(C(F)(F)F)cc12. The van der Waals surface area contributed by atoms with Crippen LogP contribution in [0.1, 0.15) is 5.56 Å². The Morgan fingerprint density at radius 3 is 2.29 bits per heavy atom. The predicted octanol–water partition coefficient (Wildman–Crippen LogP) is 4.19. The number of hydrogen-bond acceptors (Lipinski definition) is 3. The monoisotopic (exact) mass is 355 g/mol. The fourth-order valence-corrected chi connectivity index (χ4v) is 2.87. The molecule has 126 valence electrons. The summed E-state index contributed by atoms with van der Waals surface area (Å²) < 4.78 is 66.9. The Kier molecular flexibility index (Phi) is 3.79. The summed E-state index contributed by atoms with van der Waals surface area (Å²) in [5.41, 5.74) is 0.365. The van der Waals surface area contributed by atoms with E-state index in [1.807, 2.05) is 0 Å². The molecular weight excluding hydrogens is 343 g/mol. The Hall–Kier alpha value is -2.48. The van der Waals surface area contributed by atoms with Gasteiger partial charge in [0.15, 0.2) is 5.75 Å². The van der Waals surface area contributed by atoms with Crippen LogP contribution in [0.2, 0.25) is 0 Å². The minimum Gasteiger partial charge on any atom is -0.380 e. The van der Waals surface area contributed by atoms with E-state index in [1.165, 1.54) is 6.07 Å². The van der Waals surface area contributed by atoms with Crippen LogP contribution in [0.5, 0.6) is 5.75 Å². The molecule has 3 aromatic rings. The van der Waals surface area contributed by atoms with E-state index in [0.29, 0.717) is 16.8 Å². The summed E-state index contributed by atoms with van der Waals surface area (Å²) in [5, 5.41) is 0.0501. The lowest BCUT2D eigenvalue weighted by Crippen LogP contribution is -2.07. The number of rotatable bonds is 3. The number of fused-ring (bicyclic) bond motifs is 1. The van der Waals surface area contributed by atoms with Gasteiger partial charge in [-0.15, -0.1) is 0 Å². The molecule has 8 heteroatoms. The van der Waals surface area contributed by atoms with Crippen LogP contribution in [0.15, 0.2) is 48.5 Å². The highest BCUT2D eigenvalue weighted by Gasteiger charge is 2.31. The van der Waals surface area contributed by atoms with Gasteiger partial charge in [0.05, 0.1) is 17.5 Å². The first-order valence-corrected chi connectivity index (χ1v) is 8.64. The maximum absolute atomic E-state index is 12.9. The van der Waals surface area contributed by atoms with E-state index >= 15 is 0 Å². The molecule has 1 N–H and O–H groups in total. The average Bonchev–Trinajstić information content (AvgIpc) is 2.83. The van der Waals surface area contributed by atoms with Crippen LogP contribution in [-0.2, 0) is 16.3 Å². The first-order valence-electron chi connectivity index (χ1n) is 6.83. The highest BCUT2D eigenvalue weighted by Crippen LogP contribution is 2.40. The molecule has 3 rings (SSSR count). The molecule has 0 aliphatic heterocycles. The second-order valence-corrected chi connectivity index (χ2v) is 6.82. The summed E-state index contributed by atoms with van der Waals surface area (Å²) >= 11 is 0. The highest BCUT2D eigenvalue weighted by atomic mass is 32.2. The molecule has 24 heavy (non-hydrogen) atoms. The van der Waals surface area contributed by atoms with E-state index < -0.39 is 21.9 Å². The molecular formula is C16H12F3NO3S. The van der Waals surface area contributed by atoms with Gasteiger partial charge in [-0.3, -0.25) is 0 Å². The predicted molar refractivity (Wildman–Crippen MR) is 84.2 cm³/mol. The quantitative estimate of drug-likeness (QED) is 0.717. The van der Waals surface area contributed by atoms with Gasteiger partial charge in [0, 0.05) is 16.5 Å². The zero-order valence-corrected chi connectivity index (χ0v) is 13.2. The highest BCUT2D eigenvalue weighted by molar-refractivity contribution is 7.86. The van der Waals surface area contributed by atoms with Crippen LogP contribution in [0.4, 0.5) is 13.2 Å². The Labute approximate surface area is 136 Å². The van der Waals surface area contributed by atoms with Gasteiger partial charge in [0.25, 0.3) is 0 Å². The Bertz CT molecular complexity index is 993. The van der Waals surface area contributed by atoms with Crippen LogP contribution in [0, 0.1) is 0 Å². The van der Waals surface area contributed by atoms with E-state index in [0.717, 1.165) is 18.4 Å². The first kappa shape index (κ1) is 16.4. The van der Waals surface area contributed by atoms with Gasteiger partial charge in [0.2, 0.25) is 0 Å². The van der Waals surface area contributed by atoms with Crippen molar-refractivity contribution < 1.29 is 25.8 Å². The van der Waals surface area contributed by atoms with Gasteiger partial charge in [-0.2, -0.15) is 21.6 Å². The molecule has 0 fully saturated rings. The van der Waals surface area contributed by atoms with Gasteiger partial charge >= 0.3 is 16.3 Å². The largest absolute Gasteiger partial charge is 0.416 e. The number of alkyl halides is 3. The molecule has 1 aromatic heterocycles. The summed E-state index contributed by atoms with van der Waals surface area (Å²) in [7, 11) is -3.92. The number of halogens is 3. The third-order valence-corrected chi connectivity index (χ3v) is 3.84. The molecule has 0 spiro atoms. The van der Waals surface area contributed by atoms with Gasteiger partial charge in [-0.05, 0) is 18.2 Å². The van der Waals surface area contributed by atoms with Gasteiger partial charge < -0.3 is 9.17 Å². The Morgan fingerprint density at radius 2 is 1.71 bits per heavy atom. The van der Waals surface area contributed by atoms with Crippen LogP contribution in [0.3, 0.4) is 0 Å². The second kappa shape index (κ2) is 5.55. The molecule has 0 aliphatic rings. The van der Waals surface area contributed by atoms with Gasteiger partial charge in [0.1, 0.15) is 0 Å². The smallest absolute Gasteiger partial charge is 0.380 e. The maximum Gasteiger partial charge on any atom is 0.416 e. The molecule has 2 aromatic carbocycles. The summed E-state index contributed by atoms with van der Waals surface area (Å²) in [6.45, 7) is 0. The normalized spacial score (nSPS) is 12.5. The van der Waals surface area contributed by atoms with Gasteiger partial charge in [-0.25, -0.2) is 0 Å². The van der Waals surface area contributed by atoms with Gasteiger partial charge in [-0.1, -0.05) is 30.3 Å². The number of aromatic nitrogens is 1. The van der Waals surface area contributed by atoms with Crippen molar-refractivity contribution in [1.29, 1.82) is 0 Å². The molecule has 0 bridgehead atoms. The van der Waals surface area contributed by atoms with Crippen molar-refractivity contribution in [3.8, 4) is 17.0 Å². The lowest BCUT2D eigenvalue weighted by Gasteiger charge is -2.08. The maximum atomic E-state index is 12.9. The lowest BCUT2D eigenvalue weighted by molar-refractivity contribution is -0.137. The van der Waals surface area contributed by atoms with Crippen LogP contribution in [-0.4, -0.2) is 19.7 Å². The molecule has 0 saturated heterocycles. The van der Waals surface area contributed by atoms with Crippen molar-refractivity contribution in [2.45, 2.75) is 6.18 Å². The summed E-state index contributed by atoms with van der Waals surface area (Å²) in [5.74, 6) is -0.148. The standard InChI is InChI=1S/C16H12F3NO3S/c1-24(21,22)23-15-12-9-11(16(17,18)19)7-8-13(12)20-14(15)10-5-3-2-4-6-10/h2-9,20H,1H3. The van der Waals surface area contributed by atoms with Crippen molar-refractivity contribution >= 4 is 21.0 Å². The van der Waals surface area contributed by atoms with Crippen molar-refractivity contribution in [3.05, 3.63) is 54.1 Å². The third kappa shape index (κ3) is 3.23. The Morgan fingerprint density at radius 1 is 1.04 bits per heavy atom. The second-order valence-electron chi connectivity index (χ2n) is 5.24.